The van der Waals surface area contributed by atoms with Gasteiger partial charge in [-0.1, -0.05) is 54.0 Å². The standard InChI is InChI=1S/C25H19BrO5/c1-3-14-6-8-15(9-7-14)21(27)24(2)20-17-13-16(26)10-11-18(17)31-23(29)25(20,24)22(28)19-5-4-12-30-19/h4-13,20H,3H2,1-2H3/t20-,24-,25+/m1/s1. The van der Waals surface area contributed by atoms with Gasteiger partial charge in [-0.2, -0.15) is 0 Å². The number of esters is 1. The molecule has 31 heavy (non-hydrogen) atoms. The lowest BCUT2D eigenvalue weighted by Crippen LogP contribution is -2.39. The minimum absolute atomic E-state index is 0.0400. The number of hydrogen-bond donors (Lipinski definition) is 0. The Morgan fingerprint density at radius 3 is 2.45 bits per heavy atom. The minimum Gasteiger partial charge on any atom is -0.461 e. The van der Waals surface area contributed by atoms with Gasteiger partial charge in [0.05, 0.1) is 11.7 Å². The molecule has 1 fully saturated rings. The summed E-state index contributed by atoms with van der Waals surface area (Å²) < 4.78 is 11.7. The van der Waals surface area contributed by atoms with E-state index in [9.17, 15) is 14.4 Å². The Labute approximate surface area is 187 Å². The van der Waals surface area contributed by atoms with Crippen LogP contribution in [0, 0.1) is 10.8 Å². The van der Waals surface area contributed by atoms with Crippen molar-refractivity contribution in [3.8, 4) is 5.75 Å². The van der Waals surface area contributed by atoms with Gasteiger partial charge >= 0.3 is 5.97 Å². The van der Waals surface area contributed by atoms with E-state index in [1.165, 1.54) is 12.3 Å². The van der Waals surface area contributed by atoms with Gasteiger partial charge in [0.25, 0.3) is 0 Å². The number of Topliss-reactive ketones (excluding diaryl/α,β-unsaturated/α-hetero) is 2. The summed E-state index contributed by atoms with van der Waals surface area (Å²) in [7, 11) is 0. The number of carbonyl (C=O) groups is 3. The van der Waals surface area contributed by atoms with Crippen LogP contribution in [0.5, 0.6) is 5.75 Å². The number of carbonyl (C=O) groups excluding carboxylic acids is 3. The van der Waals surface area contributed by atoms with Gasteiger partial charge in [0.15, 0.2) is 17.0 Å². The van der Waals surface area contributed by atoms with Crippen LogP contribution >= 0.6 is 15.9 Å². The van der Waals surface area contributed by atoms with Crippen LogP contribution in [-0.2, 0) is 11.2 Å². The van der Waals surface area contributed by atoms with Crippen molar-refractivity contribution in [2.75, 3.05) is 0 Å². The Balaban J connectivity index is 1.70. The van der Waals surface area contributed by atoms with Crippen LogP contribution in [0.3, 0.4) is 0 Å². The predicted molar refractivity (Wildman–Crippen MR) is 116 cm³/mol. The fourth-order valence-electron chi connectivity index (χ4n) is 5.07. The summed E-state index contributed by atoms with van der Waals surface area (Å²) in [6, 6.07) is 15.7. The SMILES string of the molecule is CCc1ccc(C(=O)[C@@]2(C)[C@H]3c4cc(Br)ccc4OC(=O)[C@@]32C(=O)c2ccco2)cc1. The van der Waals surface area contributed by atoms with E-state index in [4.69, 9.17) is 9.15 Å². The molecule has 2 aromatic carbocycles. The highest BCUT2D eigenvalue weighted by atomic mass is 79.9. The third-order valence-corrected chi connectivity index (χ3v) is 7.25. The normalized spacial score (nSPS) is 25.9. The third kappa shape index (κ3) is 2.51. The third-order valence-electron chi connectivity index (χ3n) is 6.75. The summed E-state index contributed by atoms with van der Waals surface area (Å²) in [5.74, 6) is -1.74. The fourth-order valence-corrected chi connectivity index (χ4v) is 5.45. The van der Waals surface area contributed by atoms with Gasteiger partial charge in [0.1, 0.15) is 5.75 Å². The number of rotatable bonds is 5. The summed E-state index contributed by atoms with van der Waals surface area (Å²) in [5, 5.41) is 0. The molecule has 5 nitrogen and oxygen atoms in total. The van der Waals surface area contributed by atoms with Gasteiger partial charge in [-0.15, -0.1) is 0 Å². The van der Waals surface area contributed by atoms with Crippen LogP contribution in [0.1, 0.15) is 51.8 Å². The maximum absolute atomic E-state index is 13.8. The first kappa shape index (κ1) is 19.9. The second kappa shape index (κ2) is 6.76. The number of hydrogen-bond acceptors (Lipinski definition) is 5. The molecular weight excluding hydrogens is 460 g/mol. The quantitative estimate of drug-likeness (QED) is 0.213. The van der Waals surface area contributed by atoms with E-state index in [-0.39, 0.29) is 11.5 Å². The molecule has 1 aromatic heterocycles. The zero-order chi connectivity index (χ0) is 22.0. The first-order valence-corrected chi connectivity index (χ1v) is 10.9. The number of ether oxygens (including phenoxy) is 1. The number of fused-ring (bicyclic) bond motifs is 3. The van der Waals surface area contributed by atoms with Crippen LogP contribution in [0.15, 0.2) is 69.8 Å². The van der Waals surface area contributed by atoms with Crippen molar-refractivity contribution in [2.24, 2.45) is 10.8 Å². The van der Waals surface area contributed by atoms with Crippen molar-refractivity contribution in [1.29, 1.82) is 0 Å². The highest BCUT2D eigenvalue weighted by Gasteiger charge is 2.88. The van der Waals surface area contributed by atoms with Crippen molar-refractivity contribution in [3.63, 3.8) is 0 Å². The molecule has 1 saturated carbocycles. The number of furan rings is 1. The first-order valence-electron chi connectivity index (χ1n) is 10.1. The highest BCUT2D eigenvalue weighted by molar-refractivity contribution is 9.10. The zero-order valence-corrected chi connectivity index (χ0v) is 18.6. The van der Waals surface area contributed by atoms with E-state index in [1.807, 2.05) is 25.1 Å². The van der Waals surface area contributed by atoms with Crippen molar-refractivity contribution in [2.45, 2.75) is 26.2 Å². The molecule has 6 heteroatoms. The lowest BCUT2D eigenvalue weighted by Gasteiger charge is -2.22. The smallest absolute Gasteiger partial charge is 0.327 e. The molecule has 1 aliphatic carbocycles. The topological polar surface area (TPSA) is 73.6 Å². The molecule has 0 saturated heterocycles. The lowest BCUT2D eigenvalue weighted by molar-refractivity contribution is -0.140. The largest absolute Gasteiger partial charge is 0.461 e. The van der Waals surface area contributed by atoms with Gasteiger partial charge in [-0.05, 0) is 42.3 Å². The molecule has 5 rings (SSSR count). The average molecular weight is 479 g/mol. The molecule has 2 aliphatic rings. The zero-order valence-electron chi connectivity index (χ0n) is 17.0. The lowest BCUT2D eigenvalue weighted by atomic mass is 9.83. The molecule has 0 unspecified atom stereocenters. The van der Waals surface area contributed by atoms with Crippen LogP contribution in [0.2, 0.25) is 0 Å². The van der Waals surface area contributed by atoms with E-state index < -0.39 is 28.5 Å². The first-order chi connectivity index (χ1) is 14.9. The van der Waals surface area contributed by atoms with Gasteiger partial charge in [0, 0.05) is 21.5 Å². The van der Waals surface area contributed by atoms with E-state index >= 15 is 0 Å². The molecule has 156 valence electrons. The molecule has 0 N–H and O–H groups in total. The molecule has 0 radical (unpaired) electrons. The Morgan fingerprint density at radius 1 is 1.06 bits per heavy atom. The summed E-state index contributed by atoms with van der Waals surface area (Å²) in [5.41, 5.74) is -0.739. The van der Waals surface area contributed by atoms with E-state index in [0.29, 0.717) is 16.9 Å². The fraction of sp³-hybridized carbons (Fsp3) is 0.240. The number of aryl methyl sites for hydroxylation is 1. The predicted octanol–water partition coefficient (Wildman–Crippen LogP) is 5.38. The van der Waals surface area contributed by atoms with Crippen molar-refractivity contribution < 1.29 is 23.5 Å². The van der Waals surface area contributed by atoms with Gasteiger partial charge in [-0.25, -0.2) is 0 Å². The Bertz CT molecular complexity index is 1230. The number of halogens is 1. The number of benzene rings is 2. The Kier molecular flexibility index (Phi) is 4.35. The molecule has 1 aliphatic heterocycles. The summed E-state index contributed by atoms with van der Waals surface area (Å²) >= 11 is 3.45. The van der Waals surface area contributed by atoms with E-state index in [0.717, 1.165) is 16.5 Å². The summed E-state index contributed by atoms with van der Waals surface area (Å²) in [6.07, 6.45) is 2.23. The molecule has 3 atom stereocenters. The maximum Gasteiger partial charge on any atom is 0.327 e. The van der Waals surface area contributed by atoms with Crippen molar-refractivity contribution >= 4 is 33.5 Å². The highest BCUT2D eigenvalue weighted by Crippen LogP contribution is 2.79. The minimum atomic E-state index is -1.67. The molecule has 2 heterocycles. The summed E-state index contributed by atoms with van der Waals surface area (Å²) in [6.45, 7) is 3.72. The Morgan fingerprint density at radius 2 is 1.81 bits per heavy atom. The van der Waals surface area contributed by atoms with Gasteiger partial charge in [-0.3, -0.25) is 14.4 Å². The van der Waals surface area contributed by atoms with Crippen LogP contribution < -0.4 is 4.74 Å². The van der Waals surface area contributed by atoms with Crippen LogP contribution in [0.25, 0.3) is 0 Å². The van der Waals surface area contributed by atoms with Crippen molar-refractivity contribution in [1.82, 2.24) is 0 Å². The van der Waals surface area contributed by atoms with E-state index in [1.54, 1.807) is 37.3 Å². The van der Waals surface area contributed by atoms with Gasteiger partial charge < -0.3 is 9.15 Å². The second-order valence-electron chi connectivity index (χ2n) is 8.20. The monoisotopic (exact) mass is 478 g/mol. The summed E-state index contributed by atoms with van der Waals surface area (Å²) in [4.78, 5) is 40.8. The molecule has 3 aromatic rings. The number of ketones is 2. The molecular formula is C25H19BrO5. The molecule has 0 amide bonds. The van der Waals surface area contributed by atoms with Crippen LogP contribution in [0.4, 0.5) is 0 Å². The Hall–Kier alpha value is -2.99. The van der Waals surface area contributed by atoms with Gasteiger partial charge in [0.2, 0.25) is 5.78 Å². The van der Waals surface area contributed by atoms with E-state index in [2.05, 4.69) is 15.9 Å². The maximum atomic E-state index is 13.8. The van der Waals surface area contributed by atoms with Crippen molar-refractivity contribution in [3.05, 3.63) is 87.8 Å². The van der Waals surface area contributed by atoms with Crippen LogP contribution in [-0.4, -0.2) is 17.5 Å². The molecule has 0 spiro atoms. The molecule has 0 bridgehead atoms. The second-order valence-corrected chi connectivity index (χ2v) is 9.12. The average Bonchev–Trinajstić information content (AvgIpc) is 3.09.